The number of thiocarbonyl (C=S) groups is 1. The molecule has 2 aromatic carbocycles. The van der Waals surface area contributed by atoms with Gasteiger partial charge < -0.3 is 25.4 Å². The summed E-state index contributed by atoms with van der Waals surface area (Å²) in [5.74, 6) is 0.199. The average molecular weight is 419 g/mol. The van der Waals surface area contributed by atoms with Crippen LogP contribution in [0.4, 0.5) is 14.5 Å². The Labute approximate surface area is 171 Å². The zero-order valence-corrected chi connectivity index (χ0v) is 16.5. The minimum atomic E-state index is -2.91. The maximum absolute atomic E-state index is 13.1. The predicted octanol–water partition coefficient (Wildman–Crippen LogP) is 3.73. The first kappa shape index (κ1) is 20.5. The first-order valence-corrected chi connectivity index (χ1v) is 9.07. The van der Waals surface area contributed by atoms with Crippen molar-refractivity contribution in [2.24, 2.45) is 0 Å². The van der Waals surface area contributed by atoms with Crippen LogP contribution in [0.3, 0.4) is 0 Å². The second-order valence-electron chi connectivity index (χ2n) is 6.17. The highest BCUT2D eigenvalue weighted by atomic mass is 32.1. The molecule has 3 N–H and O–H groups in total. The van der Waals surface area contributed by atoms with E-state index in [1.165, 1.54) is 19.2 Å². The minimum Gasteiger partial charge on any atom is -0.495 e. The average Bonchev–Trinajstić information content (AvgIpc) is 2.67. The molecule has 0 bridgehead atoms. The number of methoxy groups -OCH3 is 1. The highest BCUT2D eigenvalue weighted by molar-refractivity contribution is 7.80. The molecule has 1 aliphatic rings. The molecule has 29 heavy (non-hydrogen) atoms. The van der Waals surface area contributed by atoms with Gasteiger partial charge in [0.2, 0.25) is 0 Å². The quantitative estimate of drug-likeness (QED) is 0.620. The Morgan fingerprint density at radius 1 is 1.17 bits per heavy atom. The van der Waals surface area contributed by atoms with Crippen molar-refractivity contribution in [3.8, 4) is 11.5 Å². The molecular formula is C20H19F2N3O3S. The summed E-state index contributed by atoms with van der Waals surface area (Å²) >= 11 is 5.22. The van der Waals surface area contributed by atoms with Gasteiger partial charge in [-0.2, -0.15) is 8.78 Å². The van der Waals surface area contributed by atoms with Gasteiger partial charge in [0.05, 0.1) is 24.4 Å². The third-order valence-corrected chi connectivity index (χ3v) is 4.53. The van der Waals surface area contributed by atoms with Crippen LogP contribution in [-0.4, -0.2) is 24.7 Å². The van der Waals surface area contributed by atoms with Gasteiger partial charge >= 0.3 is 6.61 Å². The van der Waals surface area contributed by atoms with Crippen LogP contribution in [0, 0.1) is 0 Å². The first-order chi connectivity index (χ1) is 13.9. The van der Waals surface area contributed by atoms with E-state index in [9.17, 15) is 13.6 Å². The first-order valence-electron chi connectivity index (χ1n) is 8.66. The monoisotopic (exact) mass is 419 g/mol. The molecule has 9 heteroatoms. The van der Waals surface area contributed by atoms with Crippen LogP contribution in [0.5, 0.6) is 11.5 Å². The second-order valence-corrected chi connectivity index (χ2v) is 6.58. The lowest BCUT2D eigenvalue weighted by Gasteiger charge is -2.30. The molecule has 0 saturated heterocycles. The van der Waals surface area contributed by atoms with Crippen LogP contribution in [0.1, 0.15) is 18.5 Å². The van der Waals surface area contributed by atoms with Crippen LogP contribution >= 0.6 is 12.2 Å². The molecule has 152 valence electrons. The molecule has 0 aliphatic carbocycles. The van der Waals surface area contributed by atoms with Gasteiger partial charge in [-0.15, -0.1) is 0 Å². The number of para-hydroxylation sites is 2. The van der Waals surface area contributed by atoms with Gasteiger partial charge in [-0.3, -0.25) is 4.79 Å². The number of carbonyl (C=O) groups excluding carboxylic acids is 1. The van der Waals surface area contributed by atoms with E-state index in [1.807, 2.05) is 0 Å². The number of ether oxygens (including phenoxy) is 2. The van der Waals surface area contributed by atoms with E-state index in [2.05, 4.69) is 20.7 Å². The maximum Gasteiger partial charge on any atom is 0.387 e. The molecule has 0 saturated carbocycles. The van der Waals surface area contributed by atoms with Gasteiger partial charge in [-0.1, -0.05) is 24.3 Å². The number of hydrogen-bond acceptors (Lipinski definition) is 4. The number of rotatable bonds is 6. The lowest BCUT2D eigenvalue weighted by Crippen LogP contribution is -2.45. The minimum absolute atomic E-state index is 0.0287. The van der Waals surface area contributed by atoms with Gasteiger partial charge in [-0.05, 0) is 49.0 Å². The summed E-state index contributed by atoms with van der Waals surface area (Å²) in [6.07, 6.45) is 0. The highest BCUT2D eigenvalue weighted by Gasteiger charge is 2.30. The number of alkyl halides is 2. The van der Waals surface area contributed by atoms with E-state index < -0.39 is 12.7 Å². The summed E-state index contributed by atoms with van der Waals surface area (Å²) in [6.45, 7) is -1.17. The van der Waals surface area contributed by atoms with Gasteiger partial charge in [-0.25, -0.2) is 0 Å². The van der Waals surface area contributed by atoms with E-state index in [4.69, 9.17) is 17.0 Å². The fourth-order valence-electron chi connectivity index (χ4n) is 3.02. The van der Waals surface area contributed by atoms with Crippen LogP contribution in [0.15, 0.2) is 59.8 Å². The zero-order chi connectivity index (χ0) is 21.0. The Bertz CT molecular complexity index is 948. The normalized spacial score (nSPS) is 16.2. The second kappa shape index (κ2) is 8.87. The van der Waals surface area contributed by atoms with Crippen molar-refractivity contribution in [1.82, 2.24) is 10.6 Å². The lowest BCUT2D eigenvalue weighted by molar-refractivity contribution is -0.113. The standard InChI is InChI=1S/C20H19F2N3O3S/c1-11-16(18(26)24-14-5-3-4-6-15(14)27-2)17(25-20(29)23-11)12-7-9-13(10-8-12)28-19(21)22/h3-10,17,19H,1-2H3,(H,24,26)(H2,23,25,29)/t17-/m0/s1. The number of allylic oxidation sites excluding steroid dienone is 1. The molecular weight excluding hydrogens is 400 g/mol. The largest absolute Gasteiger partial charge is 0.495 e. The fraction of sp³-hybridized carbons (Fsp3) is 0.200. The van der Waals surface area contributed by atoms with Crippen LogP contribution < -0.4 is 25.4 Å². The number of halogens is 2. The summed E-state index contributed by atoms with van der Waals surface area (Å²) in [6, 6.07) is 12.5. The van der Waals surface area contributed by atoms with Crippen LogP contribution in [0.2, 0.25) is 0 Å². The molecule has 3 rings (SSSR count). The van der Waals surface area contributed by atoms with Gasteiger partial charge in [0.25, 0.3) is 5.91 Å². The van der Waals surface area contributed by atoms with Crippen molar-refractivity contribution in [3.63, 3.8) is 0 Å². The Kier molecular flexibility index (Phi) is 6.28. The summed E-state index contributed by atoms with van der Waals surface area (Å²) < 4.78 is 34.4. The molecule has 1 amide bonds. The van der Waals surface area contributed by atoms with Gasteiger partial charge in [0, 0.05) is 5.70 Å². The number of amides is 1. The number of anilines is 1. The highest BCUT2D eigenvalue weighted by Crippen LogP contribution is 2.31. The van der Waals surface area contributed by atoms with E-state index in [0.717, 1.165) is 0 Å². The molecule has 0 radical (unpaired) electrons. The molecule has 1 atom stereocenters. The van der Waals surface area contributed by atoms with Crippen molar-refractivity contribution in [2.75, 3.05) is 12.4 Å². The Hall–Kier alpha value is -3.20. The number of hydrogen-bond donors (Lipinski definition) is 3. The maximum atomic E-state index is 13.1. The summed E-state index contributed by atoms with van der Waals surface area (Å²) in [5.41, 5.74) is 2.18. The third kappa shape index (κ3) is 4.80. The molecule has 1 aliphatic heterocycles. The Morgan fingerprint density at radius 3 is 2.52 bits per heavy atom. The van der Waals surface area contributed by atoms with Crippen LogP contribution in [-0.2, 0) is 4.79 Å². The summed E-state index contributed by atoms with van der Waals surface area (Å²) in [5, 5.41) is 9.20. The van der Waals surface area contributed by atoms with Crippen molar-refractivity contribution in [2.45, 2.75) is 19.6 Å². The molecule has 1 heterocycles. The SMILES string of the molecule is COc1ccccc1NC(=O)C1=C(C)NC(=S)N[C@H]1c1ccc(OC(F)F)cc1. The summed E-state index contributed by atoms with van der Waals surface area (Å²) in [7, 11) is 1.52. The zero-order valence-electron chi connectivity index (χ0n) is 15.7. The van der Waals surface area contributed by atoms with E-state index >= 15 is 0 Å². The van der Waals surface area contributed by atoms with Crippen molar-refractivity contribution in [3.05, 3.63) is 65.4 Å². The summed E-state index contributed by atoms with van der Waals surface area (Å²) in [4.78, 5) is 13.1. The number of benzene rings is 2. The Morgan fingerprint density at radius 2 is 1.86 bits per heavy atom. The molecule has 0 unspecified atom stereocenters. The van der Waals surface area contributed by atoms with Crippen molar-refractivity contribution >= 4 is 28.9 Å². The molecule has 0 spiro atoms. The number of carbonyl (C=O) groups is 1. The number of nitrogens with one attached hydrogen (secondary N) is 3. The molecule has 0 fully saturated rings. The molecule has 6 nitrogen and oxygen atoms in total. The smallest absolute Gasteiger partial charge is 0.387 e. The lowest BCUT2D eigenvalue weighted by atomic mass is 9.95. The Balaban J connectivity index is 1.90. The van der Waals surface area contributed by atoms with E-state index in [1.54, 1.807) is 43.3 Å². The fourth-order valence-corrected chi connectivity index (χ4v) is 3.30. The van der Waals surface area contributed by atoms with Crippen molar-refractivity contribution < 1.29 is 23.0 Å². The molecule has 0 aromatic heterocycles. The predicted molar refractivity (Wildman–Crippen MR) is 109 cm³/mol. The van der Waals surface area contributed by atoms with Gasteiger partial charge in [0.15, 0.2) is 5.11 Å². The third-order valence-electron chi connectivity index (χ3n) is 4.31. The van der Waals surface area contributed by atoms with E-state index in [0.29, 0.717) is 33.4 Å². The topological polar surface area (TPSA) is 71.6 Å². The van der Waals surface area contributed by atoms with Gasteiger partial charge in [0.1, 0.15) is 11.5 Å². The van der Waals surface area contributed by atoms with Crippen molar-refractivity contribution in [1.29, 1.82) is 0 Å². The molecule has 2 aromatic rings. The van der Waals surface area contributed by atoms with Crippen LogP contribution in [0.25, 0.3) is 0 Å². The van der Waals surface area contributed by atoms with E-state index in [-0.39, 0.29) is 11.7 Å².